The molecule has 1 unspecified atom stereocenters. The lowest BCUT2D eigenvalue weighted by atomic mass is 9.63. The maximum atomic E-state index is 6.89. The molecule has 0 N–H and O–H groups in total. The first-order valence-corrected chi connectivity index (χ1v) is 19.3. The smallest absolute Gasteiger partial charge is 0.160 e. The monoisotopic (exact) mass is 716 g/mol. The van der Waals surface area contributed by atoms with Gasteiger partial charge in [0.05, 0.1) is 16.8 Å². The molecule has 0 saturated heterocycles. The van der Waals surface area contributed by atoms with Crippen molar-refractivity contribution in [1.29, 1.82) is 0 Å². The standard InChI is InChI=1S/C53H36N2O/c1-3-13-38(14-4-1)48-34-49(55-52(54-48)40-15-5-2-6-16-40)39-29-27-36(28-30-39)35-23-25-37(26-24-35)41-31-32-47-51(33-41)56-50-22-12-11-21-46(50)53(47)44-19-9-7-17-42(44)43-18-8-10-20-45(43)53/h1-21,23-34,50H,22H2. The molecule has 8 aromatic rings. The van der Waals surface area contributed by atoms with Gasteiger partial charge in [-0.05, 0) is 62.2 Å². The molecule has 2 heterocycles. The molecule has 1 atom stereocenters. The molecule has 2 aliphatic carbocycles. The van der Waals surface area contributed by atoms with Crippen molar-refractivity contribution in [1.82, 2.24) is 9.97 Å². The molecule has 7 aromatic carbocycles. The van der Waals surface area contributed by atoms with Crippen LogP contribution in [0.2, 0.25) is 0 Å². The Kier molecular flexibility index (Phi) is 7.53. The lowest BCUT2D eigenvalue weighted by Crippen LogP contribution is -2.42. The number of rotatable bonds is 5. The van der Waals surface area contributed by atoms with Gasteiger partial charge in [-0.15, -0.1) is 0 Å². The summed E-state index contributed by atoms with van der Waals surface area (Å²) in [7, 11) is 0. The van der Waals surface area contributed by atoms with E-state index < -0.39 is 0 Å². The fourth-order valence-electron chi connectivity index (χ4n) is 9.10. The third-order valence-electron chi connectivity index (χ3n) is 11.7. The third kappa shape index (κ3) is 5.12. The summed E-state index contributed by atoms with van der Waals surface area (Å²) >= 11 is 0. The quantitative estimate of drug-likeness (QED) is 0.178. The molecule has 0 radical (unpaired) electrons. The van der Waals surface area contributed by atoms with Crippen LogP contribution >= 0.6 is 0 Å². The van der Waals surface area contributed by atoms with E-state index in [0.29, 0.717) is 0 Å². The van der Waals surface area contributed by atoms with Crippen molar-refractivity contribution in [3.05, 3.63) is 222 Å². The Hall–Kier alpha value is -7.10. The summed E-state index contributed by atoms with van der Waals surface area (Å²) in [4.78, 5) is 9.97. The average molecular weight is 717 g/mol. The lowest BCUT2D eigenvalue weighted by molar-refractivity contribution is 0.205. The van der Waals surface area contributed by atoms with Crippen LogP contribution in [-0.2, 0) is 5.41 Å². The molecule has 3 nitrogen and oxygen atoms in total. The molecule has 56 heavy (non-hydrogen) atoms. The van der Waals surface area contributed by atoms with Gasteiger partial charge in [0, 0.05) is 28.7 Å². The Morgan fingerprint density at radius 1 is 0.446 bits per heavy atom. The topological polar surface area (TPSA) is 35.0 Å². The van der Waals surface area contributed by atoms with Crippen LogP contribution in [-0.4, -0.2) is 16.1 Å². The molecule has 1 aliphatic heterocycles. The predicted molar refractivity (Wildman–Crippen MR) is 227 cm³/mol. The highest BCUT2D eigenvalue weighted by atomic mass is 16.5. The molecule has 264 valence electrons. The first-order chi connectivity index (χ1) is 27.7. The Morgan fingerprint density at radius 3 is 1.57 bits per heavy atom. The summed E-state index contributed by atoms with van der Waals surface area (Å²) in [5.74, 6) is 1.68. The molecule has 1 aromatic heterocycles. The van der Waals surface area contributed by atoms with Gasteiger partial charge in [-0.25, -0.2) is 9.97 Å². The zero-order valence-corrected chi connectivity index (χ0v) is 30.6. The zero-order chi connectivity index (χ0) is 37.1. The minimum absolute atomic E-state index is 0.0236. The second-order valence-electron chi connectivity index (χ2n) is 14.8. The van der Waals surface area contributed by atoms with Gasteiger partial charge >= 0.3 is 0 Å². The summed E-state index contributed by atoms with van der Waals surface area (Å²) in [5.41, 5.74) is 17.0. The highest BCUT2D eigenvalue weighted by Gasteiger charge is 2.53. The van der Waals surface area contributed by atoms with Gasteiger partial charge in [-0.2, -0.15) is 0 Å². The van der Waals surface area contributed by atoms with Crippen molar-refractivity contribution in [2.75, 3.05) is 0 Å². The highest BCUT2D eigenvalue weighted by Crippen LogP contribution is 2.61. The van der Waals surface area contributed by atoms with Crippen LogP contribution in [0, 0.1) is 0 Å². The van der Waals surface area contributed by atoms with E-state index in [1.54, 1.807) is 0 Å². The van der Waals surface area contributed by atoms with Gasteiger partial charge in [0.2, 0.25) is 0 Å². The Bertz CT molecular complexity index is 2730. The van der Waals surface area contributed by atoms with Crippen molar-refractivity contribution in [2.45, 2.75) is 17.9 Å². The maximum Gasteiger partial charge on any atom is 0.160 e. The molecule has 1 spiro atoms. The summed E-state index contributed by atoms with van der Waals surface area (Å²) in [6.45, 7) is 0. The number of hydrogen-bond acceptors (Lipinski definition) is 3. The first kappa shape index (κ1) is 32.3. The van der Waals surface area contributed by atoms with E-state index in [-0.39, 0.29) is 11.5 Å². The van der Waals surface area contributed by atoms with Crippen LogP contribution in [0.15, 0.2) is 206 Å². The first-order valence-electron chi connectivity index (χ1n) is 19.3. The fourth-order valence-corrected chi connectivity index (χ4v) is 9.10. The number of ether oxygens (including phenoxy) is 1. The minimum atomic E-state index is -0.386. The molecule has 3 aliphatic rings. The van der Waals surface area contributed by atoms with Crippen LogP contribution in [0.1, 0.15) is 23.1 Å². The van der Waals surface area contributed by atoms with E-state index in [2.05, 4.69) is 164 Å². The summed E-state index contributed by atoms with van der Waals surface area (Å²) in [5, 5.41) is 0. The van der Waals surface area contributed by atoms with Gasteiger partial charge in [0.25, 0.3) is 0 Å². The normalized spacial score (nSPS) is 15.6. The van der Waals surface area contributed by atoms with Crippen LogP contribution in [0.3, 0.4) is 0 Å². The molecule has 0 fully saturated rings. The van der Waals surface area contributed by atoms with E-state index in [0.717, 1.165) is 68.3 Å². The van der Waals surface area contributed by atoms with E-state index in [1.807, 2.05) is 36.4 Å². The van der Waals surface area contributed by atoms with Gasteiger partial charge in [0.15, 0.2) is 5.82 Å². The van der Waals surface area contributed by atoms with E-state index in [9.17, 15) is 0 Å². The van der Waals surface area contributed by atoms with Crippen molar-refractivity contribution < 1.29 is 4.74 Å². The summed E-state index contributed by atoms with van der Waals surface area (Å²) in [6, 6.07) is 64.8. The second kappa shape index (κ2) is 13.0. The van der Waals surface area contributed by atoms with E-state index in [4.69, 9.17) is 14.7 Å². The van der Waals surface area contributed by atoms with Crippen LogP contribution in [0.25, 0.3) is 67.3 Å². The Morgan fingerprint density at radius 2 is 0.946 bits per heavy atom. The number of fused-ring (bicyclic) bond motifs is 9. The molecule has 0 amide bonds. The Balaban J connectivity index is 0.925. The molecular weight excluding hydrogens is 681 g/mol. The summed E-state index contributed by atoms with van der Waals surface area (Å²) < 4.78 is 6.89. The molecule has 3 heteroatoms. The van der Waals surface area contributed by atoms with Crippen LogP contribution < -0.4 is 4.74 Å². The number of nitrogens with zero attached hydrogens (tertiary/aromatic N) is 2. The van der Waals surface area contributed by atoms with Gasteiger partial charge in [-0.1, -0.05) is 188 Å². The Labute approximate surface area is 327 Å². The van der Waals surface area contributed by atoms with E-state index >= 15 is 0 Å². The second-order valence-corrected chi connectivity index (χ2v) is 14.8. The van der Waals surface area contributed by atoms with Gasteiger partial charge in [-0.3, -0.25) is 0 Å². The number of hydrogen-bond donors (Lipinski definition) is 0. The number of benzene rings is 7. The number of aromatic nitrogens is 2. The van der Waals surface area contributed by atoms with E-state index in [1.165, 1.54) is 33.4 Å². The average Bonchev–Trinajstić information content (AvgIpc) is 3.57. The van der Waals surface area contributed by atoms with Crippen molar-refractivity contribution >= 4 is 0 Å². The fraction of sp³-hybridized carbons (Fsp3) is 0.0566. The number of allylic oxidation sites excluding steroid dienone is 2. The minimum Gasteiger partial charge on any atom is -0.485 e. The van der Waals surface area contributed by atoms with Crippen LogP contribution in [0.5, 0.6) is 5.75 Å². The molecular formula is C53H36N2O. The summed E-state index contributed by atoms with van der Waals surface area (Å²) in [6.07, 6.45) is 7.56. The lowest BCUT2D eigenvalue weighted by Gasteiger charge is -2.45. The predicted octanol–water partition coefficient (Wildman–Crippen LogP) is 12.8. The van der Waals surface area contributed by atoms with Gasteiger partial charge in [0.1, 0.15) is 11.9 Å². The largest absolute Gasteiger partial charge is 0.485 e. The van der Waals surface area contributed by atoms with Crippen LogP contribution in [0.4, 0.5) is 0 Å². The third-order valence-corrected chi connectivity index (χ3v) is 11.7. The molecule has 0 bridgehead atoms. The molecule has 0 saturated carbocycles. The van der Waals surface area contributed by atoms with Gasteiger partial charge < -0.3 is 4.74 Å². The van der Waals surface area contributed by atoms with Crippen molar-refractivity contribution in [3.63, 3.8) is 0 Å². The van der Waals surface area contributed by atoms with Crippen molar-refractivity contribution in [3.8, 4) is 73.0 Å². The van der Waals surface area contributed by atoms with Crippen molar-refractivity contribution in [2.24, 2.45) is 0 Å². The maximum absolute atomic E-state index is 6.89. The highest BCUT2D eigenvalue weighted by molar-refractivity contribution is 5.88. The SMILES string of the molecule is C1=CCC2Oc3cc(-c4ccc(-c5ccc(-c6cc(-c7ccccc7)nc(-c7ccccc7)n6)cc5)cc4)ccc3C3(C2=C1)c1ccccc1-c1ccccc13. The molecule has 11 rings (SSSR count). The zero-order valence-electron chi connectivity index (χ0n) is 30.6.